The molecule has 2 nitrogen and oxygen atoms in total. The second kappa shape index (κ2) is 5.71. The van der Waals surface area contributed by atoms with E-state index in [1.54, 1.807) is 24.3 Å². The van der Waals surface area contributed by atoms with E-state index in [1.165, 1.54) is 18.4 Å². The summed E-state index contributed by atoms with van der Waals surface area (Å²) in [6, 6.07) is 13.3. The van der Waals surface area contributed by atoms with Crippen molar-refractivity contribution >= 4 is 21.0 Å². The van der Waals surface area contributed by atoms with Crippen LogP contribution >= 0.6 is 0 Å². The minimum atomic E-state index is -3.21. The Morgan fingerprint density at radius 2 is 1.21 bits per heavy atom. The van der Waals surface area contributed by atoms with Gasteiger partial charge in [0.05, 0.1) is 4.90 Å². The summed E-state index contributed by atoms with van der Waals surface area (Å²) in [5.74, 6) is -0.264. The van der Waals surface area contributed by atoms with Crippen LogP contribution in [0, 0.1) is 11.2 Å². The average molecular weight is 342 g/mol. The summed E-state index contributed by atoms with van der Waals surface area (Å²) in [6.07, 6.45) is 5.50. The highest BCUT2D eigenvalue weighted by Gasteiger charge is 2.25. The van der Waals surface area contributed by atoms with Gasteiger partial charge < -0.3 is 0 Å². The van der Waals surface area contributed by atoms with Crippen LogP contribution in [-0.4, -0.2) is 14.7 Å². The van der Waals surface area contributed by atoms with Gasteiger partial charge in [0, 0.05) is 11.7 Å². The molecule has 2 aromatic carbocycles. The molecule has 0 radical (unpaired) electrons. The van der Waals surface area contributed by atoms with Crippen molar-refractivity contribution in [2.45, 2.75) is 18.7 Å². The first-order chi connectivity index (χ1) is 11.2. The quantitative estimate of drug-likeness (QED) is 0.808. The lowest BCUT2D eigenvalue weighted by molar-refractivity contribution is 0.602. The summed E-state index contributed by atoms with van der Waals surface area (Å²) in [5, 5.41) is 0. The predicted octanol–water partition coefficient (Wildman–Crippen LogP) is 4.74. The summed E-state index contributed by atoms with van der Waals surface area (Å²) >= 11 is 0. The summed E-state index contributed by atoms with van der Waals surface area (Å²) < 4.78 is 36.5. The van der Waals surface area contributed by atoms with Gasteiger partial charge >= 0.3 is 0 Å². The largest absolute Gasteiger partial charge is 0.224 e. The highest BCUT2D eigenvalue weighted by molar-refractivity contribution is 7.90. The zero-order chi connectivity index (χ0) is 17.5. The predicted molar refractivity (Wildman–Crippen MR) is 95.7 cm³/mol. The highest BCUT2D eigenvalue weighted by Crippen LogP contribution is 2.43. The molecular formula is C20H19FO2S. The molecular weight excluding hydrogens is 323 g/mol. The second-order valence-corrected chi connectivity index (χ2v) is 8.76. The minimum absolute atomic E-state index is 0.117. The van der Waals surface area contributed by atoms with Gasteiger partial charge in [-0.1, -0.05) is 50.3 Å². The van der Waals surface area contributed by atoms with Crippen LogP contribution in [0.15, 0.2) is 65.6 Å². The van der Waals surface area contributed by atoms with Crippen LogP contribution in [0.25, 0.3) is 11.1 Å². The van der Waals surface area contributed by atoms with Crippen molar-refractivity contribution in [1.82, 2.24) is 0 Å². The number of halogens is 1. The maximum Gasteiger partial charge on any atom is 0.175 e. The maximum absolute atomic E-state index is 13.2. The zero-order valence-electron chi connectivity index (χ0n) is 13.9. The van der Waals surface area contributed by atoms with Crippen LogP contribution in [0.3, 0.4) is 0 Å². The van der Waals surface area contributed by atoms with E-state index in [9.17, 15) is 12.8 Å². The molecule has 0 spiro atoms. The van der Waals surface area contributed by atoms with E-state index in [2.05, 4.69) is 26.0 Å². The van der Waals surface area contributed by atoms with Gasteiger partial charge in [0.1, 0.15) is 5.82 Å². The van der Waals surface area contributed by atoms with Crippen LogP contribution in [0.1, 0.15) is 25.0 Å². The molecule has 0 atom stereocenters. The van der Waals surface area contributed by atoms with Crippen molar-refractivity contribution in [3.05, 3.63) is 77.6 Å². The number of hydrogen-bond donors (Lipinski definition) is 0. The van der Waals surface area contributed by atoms with E-state index in [-0.39, 0.29) is 11.2 Å². The van der Waals surface area contributed by atoms with Gasteiger partial charge in [0.15, 0.2) is 9.84 Å². The lowest BCUT2D eigenvalue weighted by Crippen LogP contribution is -1.98. The monoisotopic (exact) mass is 342 g/mol. The summed E-state index contributed by atoms with van der Waals surface area (Å²) in [4.78, 5) is 0.302. The number of rotatable bonds is 3. The van der Waals surface area contributed by atoms with Gasteiger partial charge in [-0.25, -0.2) is 12.8 Å². The molecule has 0 amide bonds. The molecule has 1 aliphatic rings. The molecule has 0 heterocycles. The van der Waals surface area contributed by atoms with E-state index < -0.39 is 9.84 Å². The summed E-state index contributed by atoms with van der Waals surface area (Å²) in [6.45, 7) is 4.21. The Kier molecular flexibility index (Phi) is 3.96. The lowest BCUT2D eigenvalue weighted by atomic mass is 9.95. The van der Waals surface area contributed by atoms with Crippen molar-refractivity contribution in [3.63, 3.8) is 0 Å². The van der Waals surface area contributed by atoms with E-state index in [4.69, 9.17) is 0 Å². The van der Waals surface area contributed by atoms with E-state index in [1.807, 2.05) is 12.1 Å². The fourth-order valence-corrected chi connectivity index (χ4v) is 3.56. The molecule has 0 unspecified atom stereocenters. The van der Waals surface area contributed by atoms with Crippen LogP contribution in [0.2, 0.25) is 0 Å². The fourth-order valence-electron chi connectivity index (χ4n) is 2.93. The zero-order valence-corrected chi connectivity index (χ0v) is 14.7. The van der Waals surface area contributed by atoms with E-state index in [0.29, 0.717) is 4.90 Å². The fraction of sp³-hybridized carbons (Fsp3) is 0.200. The van der Waals surface area contributed by atoms with Gasteiger partial charge in [-0.2, -0.15) is 0 Å². The standard InChI is InChI=1S/C20H19FO2S/c1-20(2)12-18(14-4-8-16(21)9-5-14)19(13-20)15-6-10-17(11-7-15)24(3,22)23/h4-13H,1-3H3. The van der Waals surface area contributed by atoms with Crippen molar-refractivity contribution in [2.24, 2.45) is 5.41 Å². The van der Waals surface area contributed by atoms with Gasteiger partial charge in [-0.05, 0) is 46.5 Å². The minimum Gasteiger partial charge on any atom is -0.224 e. The Morgan fingerprint density at radius 3 is 1.62 bits per heavy atom. The lowest BCUT2D eigenvalue weighted by Gasteiger charge is -2.10. The average Bonchev–Trinajstić information content (AvgIpc) is 2.83. The molecule has 0 fully saturated rings. The molecule has 4 heteroatoms. The second-order valence-electron chi connectivity index (χ2n) is 6.74. The highest BCUT2D eigenvalue weighted by atomic mass is 32.2. The third-order valence-electron chi connectivity index (χ3n) is 4.07. The van der Waals surface area contributed by atoms with Gasteiger partial charge in [-0.15, -0.1) is 0 Å². The van der Waals surface area contributed by atoms with Gasteiger partial charge in [-0.3, -0.25) is 0 Å². The maximum atomic E-state index is 13.2. The van der Waals surface area contributed by atoms with Crippen LogP contribution in [-0.2, 0) is 9.84 Å². The first-order valence-corrected chi connectivity index (χ1v) is 9.57. The van der Waals surface area contributed by atoms with E-state index in [0.717, 1.165) is 22.3 Å². The Morgan fingerprint density at radius 1 is 0.792 bits per heavy atom. The summed E-state index contributed by atoms with van der Waals surface area (Å²) in [5.41, 5.74) is 3.84. The van der Waals surface area contributed by atoms with Crippen molar-refractivity contribution in [3.8, 4) is 0 Å². The normalized spacial score (nSPS) is 16.7. The topological polar surface area (TPSA) is 34.1 Å². The third kappa shape index (κ3) is 3.34. The van der Waals surface area contributed by atoms with Crippen molar-refractivity contribution in [1.29, 1.82) is 0 Å². The molecule has 2 aromatic rings. The Hall–Kier alpha value is -2.20. The SMILES string of the molecule is CC1(C)C=C(c2ccc(F)cc2)C(c2ccc(S(C)(=O)=O)cc2)=C1. The smallest absolute Gasteiger partial charge is 0.175 e. The molecule has 1 aliphatic carbocycles. The number of allylic oxidation sites excluding steroid dienone is 4. The molecule has 0 bridgehead atoms. The molecule has 3 rings (SSSR count). The Bertz CT molecular complexity index is 932. The third-order valence-corrected chi connectivity index (χ3v) is 5.20. The molecule has 0 aromatic heterocycles. The Balaban J connectivity index is 2.05. The molecule has 24 heavy (non-hydrogen) atoms. The Labute approximate surface area is 142 Å². The van der Waals surface area contributed by atoms with Crippen molar-refractivity contribution in [2.75, 3.05) is 6.26 Å². The van der Waals surface area contributed by atoms with E-state index >= 15 is 0 Å². The van der Waals surface area contributed by atoms with Gasteiger partial charge in [0.25, 0.3) is 0 Å². The molecule has 0 saturated carbocycles. The summed E-state index contributed by atoms with van der Waals surface area (Å²) in [7, 11) is -3.21. The molecule has 0 N–H and O–H groups in total. The number of hydrogen-bond acceptors (Lipinski definition) is 2. The van der Waals surface area contributed by atoms with Crippen LogP contribution < -0.4 is 0 Å². The number of sulfone groups is 1. The molecule has 124 valence electrons. The first kappa shape index (κ1) is 16.7. The molecule has 0 aliphatic heterocycles. The first-order valence-electron chi connectivity index (χ1n) is 7.68. The van der Waals surface area contributed by atoms with Crippen LogP contribution in [0.4, 0.5) is 4.39 Å². The van der Waals surface area contributed by atoms with Gasteiger partial charge in [0.2, 0.25) is 0 Å². The molecule has 0 saturated heterocycles. The van der Waals surface area contributed by atoms with Crippen LogP contribution in [0.5, 0.6) is 0 Å². The number of benzene rings is 2. The van der Waals surface area contributed by atoms with Crippen molar-refractivity contribution < 1.29 is 12.8 Å².